The standard InChI is InChI=1S/C21H21N5O2S/c27-20(24-12-19-25-18(14-29-19)15-5-2-1-3-6-15)16-7-4-10-26(13-16)21(28)17-11-22-8-9-23-17/h1-3,5-6,8-9,11,14,16H,4,7,10,12-13H2,(H,24,27)/t16-/m0/s1. The number of carbonyl (C=O) groups excluding carboxylic acids is 2. The predicted octanol–water partition coefficient (Wildman–Crippen LogP) is 2.77. The third-order valence-corrected chi connectivity index (χ3v) is 5.75. The first-order valence-electron chi connectivity index (χ1n) is 9.53. The van der Waals surface area contributed by atoms with Crippen molar-refractivity contribution in [3.8, 4) is 11.3 Å². The van der Waals surface area contributed by atoms with E-state index in [0.717, 1.165) is 29.1 Å². The molecule has 1 atom stereocenters. The molecule has 4 rings (SSSR count). The van der Waals surface area contributed by atoms with Gasteiger partial charge in [-0.2, -0.15) is 0 Å². The average molecular weight is 407 g/mol. The van der Waals surface area contributed by atoms with Crippen molar-refractivity contribution in [3.05, 3.63) is 65.0 Å². The Bertz CT molecular complexity index is 977. The number of aromatic nitrogens is 3. The molecule has 0 radical (unpaired) electrons. The quantitative estimate of drug-likeness (QED) is 0.703. The van der Waals surface area contributed by atoms with Gasteiger partial charge in [-0.1, -0.05) is 30.3 Å². The van der Waals surface area contributed by atoms with Crippen LogP contribution in [0.1, 0.15) is 28.3 Å². The van der Waals surface area contributed by atoms with Gasteiger partial charge in [-0.3, -0.25) is 14.6 Å². The number of hydrogen-bond acceptors (Lipinski definition) is 6. The number of rotatable bonds is 5. The molecular weight excluding hydrogens is 386 g/mol. The summed E-state index contributed by atoms with van der Waals surface area (Å²) in [5.41, 5.74) is 2.29. The van der Waals surface area contributed by atoms with Gasteiger partial charge in [-0.25, -0.2) is 9.97 Å². The second-order valence-corrected chi connectivity index (χ2v) is 7.83. The normalized spacial score (nSPS) is 16.4. The lowest BCUT2D eigenvalue weighted by molar-refractivity contribution is -0.126. The molecule has 1 saturated heterocycles. The van der Waals surface area contributed by atoms with Crippen LogP contribution in [0.5, 0.6) is 0 Å². The van der Waals surface area contributed by atoms with Crippen LogP contribution < -0.4 is 5.32 Å². The first-order valence-corrected chi connectivity index (χ1v) is 10.4. The lowest BCUT2D eigenvalue weighted by Crippen LogP contribution is -2.45. The lowest BCUT2D eigenvalue weighted by Gasteiger charge is -2.31. The van der Waals surface area contributed by atoms with Crippen molar-refractivity contribution in [3.63, 3.8) is 0 Å². The van der Waals surface area contributed by atoms with Crippen LogP contribution in [0.3, 0.4) is 0 Å². The zero-order valence-corrected chi connectivity index (χ0v) is 16.6. The van der Waals surface area contributed by atoms with E-state index in [2.05, 4.69) is 20.3 Å². The molecule has 1 N–H and O–H groups in total. The predicted molar refractivity (Wildman–Crippen MR) is 110 cm³/mol. The van der Waals surface area contributed by atoms with E-state index < -0.39 is 0 Å². The van der Waals surface area contributed by atoms with Gasteiger partial charge in [0.15, 0.2) is 0 Å². The number of likely N-dealkylation sites (tertiary alicyclic amines) is 1. The van der Waals surface area contributed by atoms with Crippen molar-refractivity contribution in [1.29, 1.82) is 0 Å². The van der Waals surface area contributed by atoms with Crippen molar-refractivity contribution >= 4 is 23.2 Å². The summed E-state index contributed by atoms with van der Waals surface area (Å²) >= 11 is 1.53. The highest BCUT2D eigenvalue weighted by Gasteiger charge is 2.29. The van der Waals surface area contributed by atoms with Gasteiger partial charge in [-0.15, -0.1) is 11.3 Å². The minimum atomic E-state index is -0.224. The molecule has 1 aliphatic heterocycles. The molecule has 8 heteroatoms. The molecule has 148 valence electrons. The van der Waals surface area contributed by atoms with Crippen molar-refractivity contribution in [1.82, 2.24) is 25.2 Å². The van der Waals surface area contributed by atoms with E-state index in [-0.39, 0.29) is 17.7 Å². The topological polar surface area (TPSA) is 88.1 Å². The zero-order chi connectivity index (χ0) is 20.1. The van der Waals surface area contributed by atoms with Gasteiger partial charge in [0.2, 0.25) is 5.91 Å². The summed E-state index contributed by atoms with van der Waals surface area (Å²) in [4.78, 5) is 39.5. The number of thiazole rings is 1. The second-order valence-electron chi connectivity index (χ2n) is 6.89. The number of nitrogens with zero attached hydrogens (tertiary/aromatic N) is 4. The highest BCUT2D eigenvalue weighted by atomic mass is 32.1. The summed E-state index contributed by atoms with van der Waals surface area (Å²) in [5.74, 6) is -0.445. The number of benzene rings is 1. The molecule has 2 amide bonds. The van der Waals surface area contributed by atoms with E-state index in [1.165, 1.54) is 29.9 Å². The Labute approximate surface area is 172 Å². The summed E-state index contributed by atoms with van der Waals surface area (Å²) in [6.07, 6.45) is 6.05. The summed E-state index contributed by atoms with van der Waals surface area (Å²) in [5, 5.41) is 5.84. The molecule has 3 aromatic rings. The molecule has 0 aliphatic carbocycles. The van der Waals surface area contributed by atoms with E-state index >= 15 is 0 Å². The SMILES string of the molecule is O=C(NCc1nc(-c2ccccc2)cs1)[C@H]1CCCN(C(=O)c2cnccn2)C1. The largest absolute Gasteiger partial charge is 0.349 e. The minimum Gasteiger partial charge on any atom is -0.349 e. The average Bonchev–Trinajstić information content (AvgIpc) is 3.27. The Balaban J connectivity index is 1.33. The molecule has 1 fully saturated rings. The van der Waals surface area contributed by atoms with Crippen molar-refractivity contribution < 1.29 is 9.59 Å². The Hall–Kier alpha value is -3.13. The van der Waals surface area contributed by atoms with Crippen LogP contribution in [-0.4, -0.2) is 44.8 Å². The molecule has 29 heavy (non-hydrogen) atoms. The Morgan fingerprint density at radius 1 is 1.21 bits per heavy atom. The summed E-state index contributed by atoms with van der Waals surface area (Å²) in [6.45, 7) is 1.42. The van der Waals surface area contributed by atoms with Crippen molar-refractivity contribution in [2.75, 3.05) is 13.1 Å². The minimum absolute atomic E-state index is 0.0434. The van der Waals surface area contributed by atoms with E-state index in [4.69, 9.17) is 0 Å². The number of piperidine rings is 1. The van der Waals surface area contributed by atoms with Gasteiger partial charge >= 0.3 is 0 Å². The molecular formula is C21H21N5O2S. The molecule has 2 aromatic heterocycles. The number of nitrogens with one attached hydrogen (secondary N) is 1. The molecule has 3 heterocycles. The Kier molecular flexibility index (Phi) is 5.90. The van der Waals surface area contributed by atoms with E-state index in [9.17, 15) is 9.59 Å². The summed E-state index contributed by atoms with van der Waals surface area (Å²) in [7, 11) is 0. The fraction of sp³-hybridized carbons (Fsp3) is 0.286. The first kappa shape index (κ1) is 19.2. The maximum atomic E-state index is 12.7. The molecule has 0 saturated carbocycles. The van der Waals surface area contributed by atoms with Gasteiger partial charge in [0.1, 0.15) is 10.7 Å². The molecule has 1 aromatic carbocycles. The maximum Gasteiger partial charge on any atom is 0.274 e. The monoisotopic (exact) mass is 407 g/mol. The van der Waals surface area contributed by atoms with E-state index in [0.29, 0.717) is 25.3 Å². The maximum absolute atomic E-state index is 12.7. The fourth-order valence-electron chi connectivity index (χ4n) is 3.39. The van der Waals surface area contributed by atoms with Gasteiger partial charge in [0.25, 0.3) is 5.91 Å². The number of carbonyl (C=O) groups is 2. The van der Waals surface area contributed by atoms with Crippen LogP contribution in [0.15, 0.2) is 54.3 Å². The lowest BCUT2D eigenvalue weighted by atomic mass is 9.97. The van der Waals surface area contributed by atoms with Crippen molar-refractivity contribution in [2.45, 2.75) is 19.4 Å². The van der Waals surface area contributed by atoms with E-state index in [1.807, 2.05) is 35.7 Å². The molecule has 1 aliphatic rings. The van der Waals surface area contributed by atoms with Gasteiger partial charge in [-0.05, 0) is 12.8 Å². The third kappa shape index (κ3) is 4.65. The molecule has 0 spiro atoms. The van der Waals surface area contributed by atoms with Gasteiger partial charge in [0.05, 0.1) is 24.4 Å². The fourth-order valence-corrected chi connectivity index (χ4v) is 4.13. The van der Waals surface area contributed by atoms with Crippen LogP contribution >= 0.6 is 11.3 Å². The van der Waals surface area contributed by atoms with Crippen LogP contribution in [0.2, 0.25) is 0 Å². The molecule has 0 unspecified atom stereocenters. The highest BCUT2D eigenvalue weighted by molar-refractivity contribution is 7.09. The third-order valence-electron chi connectivity index (χ3n) is 4.90. The van der Waals surface area contributed by atoms with Crippen LogP contribution in [0, 0.1) is 5.92 Å². The summed E-state index contributed by atoms with van der Waals surface area (Å²) < 4.78 is 0. The Morgan fingerprint density at radius 3 is 2.86 bits per heavy atom. The number of hydrogen-bond donors (Lipinski definition) is 1. The zero-order valence-electron chi connectivity index (χ0n) is 15.8. The van der Waals surface area contributed by atoms with Crippen LogP contribution in [0.4, 0.5) is 0 Å². The van der Waals surface area contributed by atoms with E-state index in [1.54, 1.807) is 4.90 Å². The molecule has 7 nitrogen and oxygen atoms in total. The van der Waals surface area contributed by atoms with Gasteiger partial charge in [0, 0.05) is 36.4 Å². The Morgan fingerprint density at radius 2 is 2.07 bits per heavy atom. The molecule has 0 bridgehead atoms. The van der Waals surface area contributed by atoms with Crippen molar-refractivity contribution in [2.24, 2.45) is 5.92 Å². The summed E-state index contributed by atoms with van der Waals surface area (Å²) in [6, 6.07) is 9.96. The highest BCUT2D eigenvalue weighted by Crippen LogP contribution is 2.22. The first-order chi connectivity index (χ1) is 14.2. The smallest absolute Gasteiger partial charge is 0.274 e. The van der Waals surface area contributed by atoms with Crippen LogP contribution in [0.25, 0.3) is 11.3 Å². The van der Waals surface area contributed by atoms with Crippen LogP contribution in [-0.2, 0) is 11.3 Å². The second kappa shape index (κ2) is 8.91. The number of amides is 2. The van der Waals surface area contributed by atoms with Gasteiger partial charge < -0.3 is 10.2 Å².